The van der Waals surface area contributed by atoms with Crippen molar-refractivity contribution in [2.24, 2.45) is 0 Å². The molecule has 0 aliphatic heterocycles. The van der Waals surface area contributed by atoms with E-state index in [9.17, 15) is 25.2 Å². The van der Waals surface area contributed by atoms with Crippen molar-refractivity contribution >= 4 is 39.0 Å². The van der Waals surface area contributed by atoms with Gasteiger partial charge in [0.25, 0.3) is 0 Å². The summed E-state index contributed by atoms with van der Waals surface area (Å²) in [6, 6.07) is 7.34. The number of carbonyl (C=O) groups is 1. The average molecular weight is 393 g/mol. The third-order valence-corrected chi connectivity index (χ3v) is 5.13. The molecule has 0 spiro atoms. The molecule has 0 saturated carbocycles. The van der Waals surface area contributed by atoms with Gasteiger partial charge in [0.2, 0.25) is 0 Å². The molecular formula is C16H14ClNaO6S. The van der Waals surface area contributed by atoms with E-state index < -0.39 is 30.2 Å². The smallest absolute Gasteiger partial charge is 0.547 e. The Hall–Kier alpha value is -0.640. The van der Waals surface area contributed by atoms with E-state index in [1.807, 2.05) is 18.2 Å². The first-order chi connectivity index (χ1) is 11.3. The molecule has 0 radical (unpaired) electrons. The van der Waals surface area contributed by atoms with E-state index in [1.54, 1.807) is 6.07 Å². The van der Waals surface area contributed by atoms with Crippen molar-refractivity contribution in [3.63, 3.8) is 0 Å². The van der Waals surface area contributed by atoms with Gasteiger partial charge in [-0.25, -0.2) is 0 Å². The van der Waals surface area contributed by atoms with Gasteiger partial charge >= 0.3 is 29.6 Å². The van der Waals surface area contributed by atoms with E-state index in [-0.39, 0.29) is 41.9 Å². The van der Waals surface area contributed by atoms with E-state index in [1.165, 1.54) is 11.3 Å². The molecule has 9 heteroatoms. The second-order valence-electron chi connectivity index (χ2n) is 5.66. The van der Waals surface area contributed by atoms with Crippen LogP contribution < -0.4 is 34.7 Å². The van der Waals surface area contributed by atoms with Crippen LogP contribution in [0, 0.1) is 0 Å². The van der Waals surface area contributed by atoms with Crippen LogP contribution in [0.5, 0.6) is 0 Å². The van der Waals surface area contributed by atoms with Gasteiger partial charge in [0, 0.05) is 21.0 Å². The van der Waals surface area contributed by atoms with Gasteiger partial charge in [0.1, 0.15) is 24.1 Å². The van der Waals surface area contributed by atoms with Gasteiger partial charge in [-0.15, -0.1) is 11.3 Å². The SMILES string of the molecule is O=C([O-])[C@]1(O)C=C(OCc2cc3ccc(Cl)cc3s2)[C@@H](O)[C@H](O)C1.[Na+]. The maximum absolute atomic E-state index is 11.0. The maximum Gasteiger partial charge on any atom is 1.00 e. The molecule has 6 nitrogen and oxygen atoms in total. The second-order valence-corrected chi connectivity index (χ2v) is 7.26. The minimum absolute atomic E-state index is 0. The van der Waals surface area contributed by atoms with Gasteiger partial charge in [-0.2, -0.15) is 0 Å². The summed E-state index contributed by atoms with van der Waals surface area (Å²) < 4.78 is 6.40. The molecule has 0 unspecified atom stereocenters. The van der Waals surface area contributed by atoms with E-state index in [4.69, 9.17) is 16.3 Å². The fraction of sp³-hybridized carbons (Fsp3) is 0.312. The molecule has 1 aliphatic rings. The number of thiophene rings is 1. The number of carbonyl (C=O) groups excluding carboxylic acids is 1. The Morgan fingerprint density at radius 1 is 1.40 bits per heavy atom. The van der Waals surface area contributed by atoms with Crippen molar-refractivity contribution in [2.75, 3.05) is 0 Å². The Morgan fingerprint density at radius 2 is 2.12 bits per heavy atom. The van der Waals surface area contributed by atoms with Gasteiger partial charge in [0.05, 0.1) is 12.1 Å². The van der Waals surface area contributed by atoms with Gasteiger partial charge in [-0.1, -0.05) is 17.7 Å². The Kier molecular flexibility index (Phi) is 6.56. The summed E-state index contributed by atoms with van der Waals surface area (Å²) in [6.07, 6.45) is -2.56. The molecule has 0 saturated heterocycles. The number of aliphatic hydroxyl groups excluding tert-OH is 2. The predicted octanol–water partition coefficient (Wildman–Crippen LogP) is -2.43. The van der Waals surface area contributed by atoms with Crippen molar-refractivity contribution in [3.05, 3.63) is 46.0 Å². The van der Waals surface area contributed by atoms with E-state index in [2.05, 4.69) is 0 Å². The monoisotopic (exact) mass is 392 g/mol. The summed E-state index contributed by atoms with van der Waals surface area (Å²) in [4.78, 5) is 11.9. The number of rotatable bonds is 4. The van der Waals surface area contributed by atoms with Crippen LogP contribution in [0.25, 0.3) is 10.1 Å². The first-order valence-corrected chi connectivity index (χ1v) is 8.31. The van der Waals surface area contributed by atoms with Crippen LogP contribution >= 0.6 is 22.9 Å². The zero-order valence-corrected chi connectivity index (χ0v) is 16.9. The van der Waals surface area contributed by atoms with Crippen molar-refractivity contribution in [1.82, 2.24) is 0 Å². The third-order valence-electron chi connectivity index (χ3n) is 3.83. The van der Waals surface area contributed by atoms with E-state index in [0.29, 0.717) is 5.02 Å². The fourth-order valence-electron chi connectivity index (χ4n) is 2.55. The molecular weight excluding hydrogens is 379 g/mol. The van der Waals surface area contributed by atoms with Crippen molar-refractivity contribution in [3.8, 4) is 0 Å². The molecule has 3 rings (SSSR count). The molecule has 0 bridgehead atoms. The Morgan fingerprint density at radius 3 is 2.80 bits per heavy atom. The zero-order chi connectivity index (χ0) is 17.5. The third kappa shape index (κ3) is 4.37. The Balaban J connectivity index is 0.00000225. The number of aliphatic hydroxyl groups is 3. The quantitative estimate of drug-likeness (QED) is 0.499. The number of hydrogen-bond acceptors (Lipinski definition) is 7. The van der Waals surface area contributed by atoms with Gasteiger partial charge in [0.15, 0.2) is 0 Å². The molecule has 1 heterocycles. The molecule has 2 aromatic rings. The molecule has 1 aromatic heterocycles. The summed E-state index contributed by atoms with van der Waals surface area (Å²) >= 11 is 7.38. The number of fused-ring (bicyclic) bond motifs is 1. The van der Waals surface area contributed by atoms with Crippen LogP contribution in [0.3, 0.4) is 0 Å². The standard InChI is InChI=1S/C16H15ClO6S.Na/c17-9-2-1-8-3-10(24-13(8)4-9)7-23-12-6-16(22,15(20)21)5-11(18)14(12)19;/h1-4,6,11,14,18-19,22H,5,7H2,(H,20,21);/q;+1/p-1/t11-,14+,16-;/m1./s1. The summed E-state index contributed by atoms with van der Waals surface area (Å²) in [6.45, 7) is 0.0513. The molecule has 0 amide bonds. The van der Waals surface area contributed by atoms with Crippen LogP contribution in [-0.4, -0.2) is 39.1 Å². The summed E-state index contributed by atoms with van der Waals surface area (Å²) in [7, 11) is 0. The first kappa shape index (κ1) is 20.7. The maximum atomic E-state index is 11.0. The van der Waals surface area contributed by atoms with Gasteiger partial charge in [-0.3, -0.25) is 0 Å². The van der Waals surface area contributed by atoms with E-state index in [0.717, 1.165) is 21.0 Å². The topological polar surface area (TPSA) is 110 Å². The summed E-state index contributed by atoms with van der Waals surface area (Å²) in [5.41, 5.74) is -2.37. The van der Waals surface area contributed by atoms with E-state index >= 15 is 0 Å². The van der Waals surface area contributed by atoms with Crippen LogP contribution in [0.15, 0.2) is 36.1 Å². The van der Waals surface area contributed by atoms with Crippen molar-refractivity contribution < 1.29 is 59.5 Å². The Labute approximate surface area is 174 Å². The number of benzene rings is 1. The molecule has 1 aromatic carbocycles. The van der Waals surface area contributed by atoms with Crippen LogP contribution in [0.4, 0.5) is 0 Å². The molecule has 25 heavy (non-hydrogen) atoms. The normalized spacial score (nSPS) is 26.0. The number of ether oxygens (including phenoxy) is 1. The number of hydrogen-bond donors (Lipinski definition) is 3. The summed E-state index contributed by atoms with van der Waals surface area (Å²) in [5.74, 6) is -1.96. The Bertz CT molecular complexity index is 822. The average Bonchev–Trinajstić information content (AvgIpc) is 2.91. The van der Waals surface area contributed by atoms with Crippen molar-refractivity contribution in [1.29, 1.82) is 0 Å². The number of aliphatic carboxylic acids is 1. The first-order valence-electron chi connectivity index (χ1n) is 7.12. The van der Waals surface area contributed by atoms with Gasteiger partial charge in [-0.05, 0) is 29.7 Å². The number of carboxylic acids is 1. The number of carboxylic acid groups (broad SMARTS) is 1. The largest absolute Gasteiger partial charge is 1.00 e. The van der Waals surface area contributed by atoms with Crippen LogP contribution in [0.2, 0.25) is 5.02 Å². The minimum atomic E-state index is -2.37. The van der Waals surface area contributed by atoms with Crippen LogP contribution in [-0.2, 0) is 16.1 Å². The van der Waals surface area contributed by atoms with Crippen molar-refractivity contribution in [2.45, 2.75) is 30.8 Å². The molecule has 0 fully saturated rings. The molecule has 128 valence electrons. The minimum Gasteiger partial charge on any atom is -0.547 e. The van der Waals surface area contributed by atoms with Crippen LogP contribution in [0.1, 0.15) is 11.3 Å². The second kappa shape index (κ2) is 7.94. The fourth-order valence-corrected chi connectivity index (χ4v) is 3.81. The number of halogens is 1. The van der Waals surface area contributed by atoms with Gasteiger partial charge < -0.3 is 30.0 Å². The molecule has 3 atom stereocenters. The molecule has 3 N–H and O–H groups in total. The summed E-state index contributed by atoms with van der Waals surface area (Å²) in [5, 5.41) is 42.2. The zero-order valence-electron chi connectivity index (χ0n) is 13.3. The predicted molar refractivity (Wildman–Crippen MR) is 86.3 cm³/mol. The molecule has 1 aliphatic carbocycles.